The number of hydrogen-bond donors (Lipinski definition) is 1. The highest BCUT2D eigenvalue weighted by atomic mass is 79.9. The zero-order chi connectivity index (χ0) is 27.2. The van der Waals surface area contributed by atoms with E-state index in [4.69, 9.17) is 27.9 Å². The van der Waals surface area contributed by atoms with Gasteiger partial charge in [0.25, 0.3) is 0 Å². The van der Waals surface area contributed by atoms with Crippen LogP contribution in [0, 0.1) is 0 Å². The van der Waals surface area contributed by atoms with E-state index in [0.717, 1.165) is 34.6 Å². The molecule has 1 N–H and O–H groups in total. The van der Waals surface area contributed by atoms with Crippen LogP contribution in [0.15, 0.2) is 27.6 Å². The van der Waals surface area contributed by atoms with Crippen LogP contribution in [0.3, 0.4) is 0 Å². The normalized spacial score (nSPS) is 21.2. The molecule has 0 radical (unpaired) electrons. The van der Waals surface area contributed by atoms with Crippen molar-refractivity contribution in [1.29, 1.82) is 0 Å². The molecular weight excluding hydrogens is 637 g/mol. The maximum atomic E-state index is 13.6. The van der Waals surface area contributed by atoms with Crippen LogP contribution in [0.1, 0.15) is 49.1 Å². The van der Waals surface area contributed by atoms with Gasteiger partial charge in [0, 0.05) is 43.7 Å². The van der Waals surface area contributed by atoms with Crippen LogP contribution in [0.25, 0.3) is 6.08 Å². The van der Waals surface area contributed by atoms with Crippen LogP contribution in [-0.2, 0) is 24.3 Å². The lowest BCUT2D eigenvalue weighted by atomic mass is 9.87. The Morgan fingerprint density at radius 3 is 2.76 bits per heavy atom. The number of allylic oxidation sites excluding steroid dienone is 1. The third kappa shape index (κ3) is 4.84. The zero-order valence-electron chi connectivity index (χ0n) is 20.5. The van der Waals surface area contributed by atoms with Gasteiger partial charge in [-0.3, -0.25) is 9.59 Å². The predicted octanol–water partition coefficient (Wildman–Crippen LogP) is 5.88. The van der Waals surface area contributed by atoms with E-state index in [1.54, 1.807) is 18.1 Å². The second-order valence-corrected chi connectivity index (χ2v) is 14.2. The average Bonchev–Trinajstić information content (AvgIpc) is 3.33. The number of carbonyl (C=O) groups is 2. The van der Waals surface area contributed by atoms with Gasteiger partial charge in [-0.15, -0.1) is 11.3 Å². The molecule has 3 heterocycles. The van der Waals surface area contributed by atoms with Crippen molar-refractivity contribution in [3.05, 3.63) is 42.5 Å². The number of benzene rings is 1. The zero-order valence-corrected chi connectivity index (χ0v) is 25.2. The number of amides is 2. The Kier molecular flexibility index (Phi) is 8.27. The highest BCUT2D eigenvalue weighted by Gasteiger charge is 2.42. The van der Waals surface area contributed by atoms with Crippen molar-refractivity contribution in [2.24, 2.45) is 0 Å². The van der Waals surface area contributed by atoms with Crippen LogP contribution in [0.2, 0.25) is 8.67 Å². The summed E-state index contributed by atoms with van der Waals surface area (Å²) >= 11 is 16.6. The van der Waals surface area contributed by atoms with Crippen LogP contribution in [0.5, 0.6) is 0 Å². The summed E-state index contributed by atoms with van der Waals surface area (Å²) in [5.74, 6) is -0.666. The number of thiophene rings is 1. The molecule has 3 aliphatic rings. The van der Waals surface area contributed by atoms with Crippen molar-refractivity contribution in [2.45, 2.75) is 49.0 Å². The maximum absolute atomic E-state index is 13.6. The Hall–Kier alpha value is -1.47. The summed E-state index contributed by atoms with van der Waals surface area (Å²) in [6.45, 7) is 1.31. The number of ether oxygens (including phenoxy) is 1. The second-order valence-electron chi connectivity index (χ2n) is 9.40. The number of sulfonamides is 1. The molecule has 8 nitrogen and oxygen atoms in total. The van der Waals surface area contributed by atoms with E-state index >= 15 is 0 Å². The van der Waals surface area contributed by atoms with Crippen molar-refractivity contribution < 1.29 is 22.7 Å². The van der Waals surface area contributed by atoms with E-state index in [2.05, 4.69) is 21.2 Å². The summed E-state index contributed by atoms with van der Waals surface area (Å²) in [6, 6.07) is 2.73. The lowest BCUT2D eigenvalue weighted by molar-refractivity contribution is -0.120. The number of carbonyl (C=O) groups excluding carboxylic acids is 2. The fourth-order valence-electron chi connectivity index (χ4n) is 5.43. The standard InChI is InChI=1S/C25H26BrCl2N3O5S2/c1-36-13-5-11-30-17-10-9-16(14-6-4-7-15(19(14)17)25(30)33)29-24(32)18-8-2-3-12-31(18)38(34,35)21-20(26)22(27)37-23(21)28/h4,6,9-10,15,18H,2-3,5,7-8,11-13H2,1H3,(H,29,32). The molecule has 2 amide bonds. The number of hydrogen-bond acceptors (Lipinski definition) is 6. The van der Waals surface area contributed by atoms with Crippen molar-refractivity contribution >= 4 is 89.8 Å². The summed E-state index contributed by atoms with van der Waals surface area (Å²) in [5.41, 5.74) is 3.10. The maximum Gasteiger partial charge on any atom is 0.247 e. The molecule has 2 unspecified atom stereocenters. The van der Waals surface area contributed by atoms with E-state index in [-0.39, 0.29) is 36.4 Å². The quantitative estimate of drug-likeness (QED) is 0.356. The minimum Gasteiger partial charge on any atom is -0.385 e. The Labute approximate surface area is 244 Å². The van der Waals surface area contributed by atoms with Crippen molar-refractivity contribution in [3.8, 4) is 0 Å². The number of methoxy groups -OCH3 is 1. The third-order valence-electron chi connectivity index (χ3n) is 7.16. The van der Waals surface area contributed by atoms with Gasteiger partial charge in [-0.05, 0) is 59.3 Å². The third-order valence-corrected chi connectivity index (χ3v) is 12.5. The van der Waals surface area contributed by atoms with Crippen LogP contribution >= 0.6 is 50.5 Å². The fourth-order valence-corrected chi connectivity index (χ4v) is 10.6. The van der Waals surface area contributed by atoms with Gasteiger partial charge in [0.15, 0.2) is 0 Å². The van der Waals surface area contributed by atoms with Gasteiger partial charge >= 0.3 is 0 Å². The Morgan fingerprint density at radius 1 is 1.26 bits per heavy atom. The topological polar surface area (TPSA) is 96.0 Å². The fraction of sp³-hybridized carbons (Fsp3) is 0.440. The smallest absolute Gasteiger partial charge is 0.247 e. The number of halogens is 3. The summed E-state index contributed by atoms with van der Waals surface area (Å²) in [4.78, 5) is 28.5. The molecule has 1 aliphatic carbocycles. The molecule has 0 bridgehead atoms. The minimum atomic E-state index is -4.09. The molecule has 13 heteroatoms. The van der Waals surface area contributed by atoms with Crippen molar-refractivity contribution in [1.82, 2.24) is 4.31 Å². The van der Waals surface area contributed by atoms with Crippen LogP contribution in [0.4, 0.5) is 11.4 Å². The van der Waals surface area contributed by atoms with Gasteiger partial charge in [-0.2, -0.15) is 4.31 Å². The van der Waals surface area contributed by atoms with Gasteiger partial charge < -0.3 is 15.0 Å². The van der Waals surface area contributed by atoms with Gasteiger partial charge in [0.2, 0.25) is 21.8 Å². The first kappa shape index (κ1) is 28.1. The van der Waals surface area contributed by atoms with E-state index in [1.165, 1.54) is 4.31 Å². The van der Waals surface area contributed by atoms with E-state index in [9.17, 15) is 18.0 Å². The van der Waals surface area contributed by atoms with E-state index in [0.29, 0.717) is 44.5 Å². The molecule has 38 heavy (non-hydrogen) atoms. The predicted molar refractivity (Wildman–Crippen MR) is 154 cm³/mol. The van der Waals surface area contributed by atoms with Crippen LogP contribution < -0.4 is 10.2 Å². The number of nitrogens with zero attached hydrogens (tertiary/aromatic N) is 2. The Morgan fingerprint density at radius 2 is 2.05 bits per heavy atom. The van der Waals surface area contributed by atoms with Gasteiger partial charge in [0.1, 0.15) is 19.6 Å². The molecule has 1 saturated heterocycles. The highest BCUT2D eigenvalue weighted by Crippen LogP contribution is 2.48. The summed E-state index contributed by atoms with van der Waals surface area (Å²) in [5, 5.41) is 2.97. The van der Waals surface area contributed by atoms with Crippen molar-refractivity contribution in [3.63, 3.8) is 0 Å². The van der Waals surface area contributed by atoms with Gasteiger partial charge in [-0.1, -0.05) is 41.8 Å². The first-order chi connectivity index (χ1) is 18.2. The highest BCUT2D eigenvalue weighted by molar-refractivity contribution is 9.10. The number of anilines is 2. The van der Waals surface area contributed by atoms with Crippen LogP contribution in [-0.4, -0.2) is 57.4 Å². The molecule has 1 aromatic heterocycles. The largest absolute Gasteiger partial charge is 0.385 e. The van der Waals surface area contributed by atoms with E-state index in [1.807, 2.05) is 18.2 Å². The molecule has 1 aromatic carbocycles. The molecule has 1 fully saturated rings. The summed E-state index contributed by atoms with van der Waals surface area (Å²) < 4.78 is 34.1. The number of rotatable bonds is 8. The monoisotopic (exact) mass is 661 g/mol. The summed E-state index contributed by atoms with van der Waals surface area (Å²) in [7, 11) is -2.46. The number of nitrogens with one attached hydrogen (secondary N) is 1. The molecule has 2 aromatic rings. The molecular formula is C25H26BrCl2N3O5S2. The molecule has 204 valence electrons. The minimum absolute atomic E-state index is 0.0468. The SMILES string of the molecule is COCCCN1C(=O)C2CC=Cc3c(NC(=O)C4CCCCN4S(=O)(=O)c4c(Cl)sc(Cl)c4Br)ccc1c32. The molecule has 0 spiro atoms. The Balaban J connectivity index is 1.44. The Bertz CT molecular complexity index is 1430. The number of piperidine rings is 1. The molecule has 0 saturated carbocycles. The molecule has 5 rings (SSSR count). The molecule has 2 aliphatic heterocycles. The average molecular weight is 663 g/mol. The summed E-state index contributed by atoms with van der Waals surface area (Å²) in [6.07, 6.45) is 6.92. The van der Waals surface area contributed by atoms with Gasteiger partial charge in [-0.25, -0.2) is 8.42 Å². The van der Waals surface area contributed by atoms with Crippen molar-refractivity contribution in [2.75, 3.05) is 37.0 Å². The second kappa shape index (κ2) is 11.2. The lowest BCUT2D eigenvalue weighted by Gasteiger charge is -2.34. The molecule has 2 atom stereocenters. The first-order valence-corrected chi connectivity index (χ1v) is 16.1. The first-order valence-electron chi connectivity index (χ1n) is 12.3. The lowest BCUT2D eigenvalue weighted by Crippen LogP contribution is -2.50. The van der Waals surface area contributed by atoms with Gasteiger partial charge in [0.05, 0.1) is 10.4 Å². The van der Waals surface area contributed by atoms with E-state index < -0.39 is 22.0 Å².